The smallest absolute Gasteiger partial charge is 0.222 e. The van der Waals surface area contributed by atoms with Gasteiger partial charge in [-0.25, -0.2) is 0 Å². The van der Waals surface area contributed by atoms with Crippen molar-refractivity contribution >= 4 is 29.3 Å². The van der Waals surface area contributed by atoms with Crippen LogP contribution in [0.3, 0.4) is 0 Å². The summed E-state index contributed by atoms with van der Waals surface area (Å²) in [7, 11) is 0. The molecule has 3 aliphatic rings. The van der Waals surface area contributed by atoms with Gasteiger partial charge in [0.05, 0.1) is 13.2 Å². The van der Waals surface area contributed by atoms with E-state index in [1.807, 2.05) is 72.4 Å². The number of carbonyl (C=O) groups is 1. The van der Waals surface area contributed by atoms with Gasteiger partial charge in [0, 0.05) is 41.8 Å². The number of fused-ring (bicyclic) bond motifs is 4. The van der Waals surface area contributed by atoms with Crippen LogP contribution < -0.4 is 0 Å². The fraction of sp³-hybridized carbons (Fsp3) is 0.119. The third kappa shape index (κ3) is 5.97. The van der Waals surface area contributed by atoms with Crippen LogP contribution in [0.2, 0.25) is 0 Å². The average molecular weight is 649 g/mol. The van der Waals surface area contributed by atoms with Gasteiger partial charge in [-0.2, -0.15) is 0 Å². The summed E-state index contributed by atoms with van der Waals surface area (Å²) in [5.74, 6) is -0.690. The van der Waals surface area contributed by atoms with Crippen molar-refractivity contribution in [2.75, 3.05) is 13.2 Å². The molecule has 5 heteroatoms. The van der Waals surface area contributed by atoms with E-state index in [-0.39, 0.29) is 5.78 Å². The van der Waals surface area contributed by atoms with Gasteiger partial charge in [0.1, 0.15) is 0 Å². The number of hydrogen-bond acceptors (Lipinski definition) is 5. The maximum absolute atomic E-state index is 12.6. The summed E-state index contributed by atoms with van der Waals surface area (Å²) in [5, 5.41) is 0. The molecule has 0 bridgehead atoms. The predicted octanol–water partition coefficient (Wildman–Crippen LogP) is 9.96. The third-order valence-electron chi connectivity index (χ3n) is 8.79. The van der Waals surface area contributed by atoms with E-state index in [0.717, 1.165) is 35.1 Å². The number of carbonyl (C=O) groups excluding carboxylic acids is 1. The highest BCUT2D eigenvalue weighted by atomic mass is 32.2. The molecule has 230 valence electrons. The fourth-order valence-electron chi connectivity index (χ4n) is 6.45. The van der Waals surface area contributed by atoms with Crippen LogP contribution in [0.25, 0.3) is 0 Å². The van der Waals surface area contributed by atoms with E-state index in [2.05, 4.69) is 84.9 Å². The van der Waals surface area contributed by atoms with Crippen LogP contribution in [0, 0.1) is 0 Å². The molecule has 1 saturated heterocycles. The van der Waals surface area contributed by atoms with Crippen LogP contribution in [0.5, 0.6) is 0 Å². The molecule has 6 aromatic rings. The van der Waals surface area contributed by atoms with E-state index in [9.17, 15) is 4.79 Å². The summed E-state index contributed by atoms with van der Waals surface area (Å²) in [4.78, 5) is 17.8. The fourth-order valence-corrected chi connectivity index (χ4v) is 8.56. The molecule has 3 heterocycles. The molecular weight excluding hydrogens is 617 g/mol. The van der Waals surface area contributed by atoms with Gasteiger partial charge >= 0.3 is 0 Å². The van der Waals surface area contributed by atoms with Crippen molar-refractivity contribution in [3.8, 4) is 0 Å². The topological polar surface area (TPSA) is 35.5 Å². The Hall–Kier alpha value is -4.39. The lowest BCUT2D eigenvalue weighted by molar-refractivity contribution is -0.130. The van der Waals surface area contributed by atoms with Crippen molar-refractivity contribution in [2.24, 2.45) is 0 Å². The second-order valence-electron chi connectivity index (χ2n) is 11.8. The van der Waals surface area contributed by atoms with E-state index in [0.29, 0.717) is 13.2 Å². The molecule has 9 rings (SSSR count). The average Bonchev–Trinajstić information content (AvgIpc) is 3.65. The van der Waals surface area contributed by atoms with E-state index < -0.39 is 5.79 Å². The number of benzene rings is 6. The molecule has 0 aromatic heterocycles. The van der Waals surface area contributed by atoms with Crippen molar-refractivity contribution < 1.29 is 14.3 Å². The first kappa shape index (κ1) is 30.0. The Kier molecular flexibility index (Phi) is 8.30. The first-order valence-electron chi connectivity index (χ1n) is 15.9. The summed E-state index contributed by atoms with van der Waals surface area (Å²) >= 11 is 3.63. The predicted molar refractivity (Wildman–Crippen MR) is 189 cm³/mol. The summed E-state index contributed by atoms with van der Waals surface area (Å²) < 4.78 is 12.3. The van der Waals surface area contributed by atoms with Crippen LogP contribution >= 0.6 is 23.5 Å². The minimum absolute atomic E-state index is 0.0901. The summed E-state index contributed by atoms with van der Waals surface area (Å²) in [6.07, 6.45) is 1.85. The van der Waals surface area contributed by atoms with Crippen molar-refractivity contribution in [3.05, 3.63) is 190 Å². The standard InChI is InChI=1S/C22H18O2S.C20H14OS/c1-2-7-18(8-3-1)22(23-12-13-24-22)19-10-11-21-17(15-19)14-16-6-4-5-9-20(16)25-21;21-20(14-6-2-1-3-7-14)16-10-11-19-17(13-16)12-15-8-4-5-9-18(15)22-19/h1-11,15H,12-14H2;1-11,13H,12H2. The maximum Gasteiger partial charge on any atom is 0.222 e. The Morgan fingerprint density at radius 2 is 0.979 bits per heavy atom. The van der Waals surface area contributed by atoms with Crippen LogP contribution in [-0.4, -0.2) is 19.0 Å². The van der Waals surface area contributed by atoms with Crippen molar-refractivity contribution in [3.63, 3.8) is 0 Å². The van der Waals surface area contributed by atoms with Gasteiger partial charge in [-0.1, -0.05) is 127 Å². The zero-order chi connectivity index (χ0) is 31.6. The largest absolute Gasteiger partial charge is 0.340 e. The van der Waals surface area contributed by atoms with E-state index in [1.54, 1.807) is 11.8 Å². The lowest BCUT2D eigenvalue weighted by Crippen LogP contribution is -2.29. The number of ketones is 1. The highest BCUT2D eigenvalue weighted by molar-refractivity contribution is 7.99. The van der Waals surface area contributed by atoms with Crippen molar-refractivity contribution in [1.29, 1.82) is 0 Å². The molecule has 1 fully saturated rings. The lowest BCUT2D eigenvalue weighted by Gasteiger charge is -2.30. The Bertz CT molecular complexity index is 2070. The van der Waals surface area contributed by atoms with Gasteiger partial charge in [0.25, 0.3) is 0 Å². The van der Waals surface area contributed by atoms with Gasteiger partial charge < -0.3 is 9.47 Å². The number of ether oxygens (including phenoxy) is 2. The molecule has 0 spiro atoms. The summed E-state index contributed by atoms with van der Waals surface area (Å²) in [6.45, 7) is 1.23. The zero-order valence-corrected chi connectivity index (χ0v) is 27.4. The highest BCUT2D eigenvalue weighted by Gasteiger charge is 2.41. The van der Waals surface area contributed by atoms with Gasteiger partial charge in [-0.3, -0.25) is 4.79 Å². The molecule has 3 aliphatic heterocycles. The van der Waals surface area contributed by atoms with Gasteiger partial charge in [-0.05, 0) is 77.6 Å². The lowest BCUT2D eigenvalue weighted by atomic mass is 9.94. The second-order valence-corrected chi connectivity index (χ2v) is 14.0. The minimum Gasteiger partial charge on any atom is -0.340 e. The number of hydrogen-bond donors (Lipinski definition) is 0. The Morgan fingerprint density at radius 3 is 1.62 bits per heavy atom. The molecule has 0 aliphatic carbocycles. The molecule has 0 radical (unpaired) electrons. The molecule has 0 N–H and O–H groups in total. The first-order valence-corrected chi connectivity index (χ1v) is 17.5. The summed E-state index contributed by atoms with van der Waals surface area (Å²) in [5.41, 5.74) is 8.95. The molecule has 0 unspecified atom stereocenters. The van der Waals surface area contributed by atoms with E-state index in [4.69, 9.17) is 9.47 Å². The molecule has 0 saturated carbocycles. The van der Waals surface area contributed by atoms with E-state index in [1.165, 1.54) is 41.8 Å². The molecule has 6 aromatic carbocycles. The van der Waals surface area contributed by atoms with Crippen LogP contribution in [0.4, 0.5) is 0 Å². The summed E-state index contributed by atoms with van der Waals surface area (Å²) in [6, 6.07) is 49.5. The van der Waals surface area contributed by atoms with E-state index >= 15 is 0 Å². The van der Waals surface area contributed by atoms with Crippen LogP contribution in [0.15, 0.2) is 165 Å². The first-order chi connectivity index (χ1) is 23.2. The Balaban J connectivity index is 0.000000139. The minimum atomic E-state index is -0.780. The van der Waals surface area contributed by atoms with Crippen molar-refractivity contribution in [1.82, 2.24) is 0 Å². The Morgan fingerprint density at radius 1 is 0.468 bits per heavy atom. The molecule has 0 atom stereocenters. The van der Waals surface area contributed by atoms with Crippen LogP contribution in [-0.2, 0) is 28.1 Å². The second kappa shape index (κ2) is 13.0. The van der Waals surface area contributed by atoms with Gasteiger partial charge in [-0.15, -0.1) is 0 Å². The monoisotopic (exact) mass is 648 g/mol. The molecule has 0 amide bonds. The van der Waals surface area contributed by atoms with Gasteiger partial charge in [0.15, 0.2) is 5.78 Å². The number of rotatable bonds is 4. The van der Waals surface area contributed by atoms with Crippen LogP contribution in [0.1, 0.15) is 49.3 Å². The highest BCUT2D eigenvalue weighted by Crippen LogP contribution is 2.44. The van der Waals surface area contributed by atoms with Crippen molar-refractivity contribution in [2.45, 2.75) is 38.2 Å². The third-order valence-corrected chi connectivity index (χ3v) is 11.3. The quantitative estimate of drug-likeness (QED) is 0.178. The zero-order valence-electron chi connectivity index (χ0n) is 25.7. The maximum atomic E-state index is 12.6. The normalized spacial score (nSPS) is 15.2. The van der Waals surface area contributed by atoms with Gasteiger partial charge in [0.2, 0.25) is 5.79 Å². The molecular formula is C42H32O3S2. The molecule has 47 heavy (non-hydrogen) atoms. The Labute approximate surface area is 284 Å². The SMILES string of the molecule is O=C(c1ccccc1)c1ccc2c(c1)Cc1ccccc1S2.c1ccc(C2(c3ccc4c(c3)Cc3ccccc3S4)OCCO2)cc1. The molecule has 3 nitrogen and oxygen atoms in total.